The van der Waals surface area contributed by atoms with Gasteiger partial charge in [0.15, 0.2) is 0 Å². The second-order valence-electron chi connectivity index (χ2n) is 7.16. The maximum absolute atomic E-state index is 5.25. The molecule has 0 amide bonds. The zero-order chi connectivity index (χ0) is 12.8. The third kappa shape index (κ3) is 2.61. The van der Waals surface area contributed by atoms with Gasteiger partial charge in [0.2, 0.25) is 0 Å². The molecule has 1 aromatic carbocycles. The molecule has 1 nitrogen and oxygen atoms in total. The quantitative estimate of drug-likeness (QED) is 0.738. The van der Waals surface area contributed by atoms with Crippen LogP contribution in [0.5, 0.6) is 0 Å². The largest absolute Gasteiger partial charge is 1.00 e. The first-order valence-corrected chi connectivity index (χ1v) is 8.04. The Balaban J connectivity index is 0.00000121. The molecule has 0 N–H and O–H groups in total. The normalized spacial score (nSPS) is 39.4. The van der Waals surface area contributed by atoms with E-state index < -0.39 is 0 Å². The summed E-state index contributed by atoms with van der Waals surface area (Å²) in [7, 11) is 0. The van der Waals surface area contributed by atoms with Crippen LogP contribution in [-0.2, 0) is 0 Å². The van der Waals surface area contributed by atoms with E-state index in [0.29, 0.717) is 12.1 Å². The van der Waals surface area contributed by atoms with Gasteiger partial charge < -0.3 is 5.32 Å². The van der Waals surface area contributed by atoms with E-state index in [1.807, 2.05) is 0 Å². The molecule has 20 heavy (non-hydrogen) atoms. The Kier molecular flexibility index (Phi) is 4.32. The van der Waals surface area contributed by atoms with Crippen molar-refractivity contribution in [3.8, 4) is 0 Å². The molecule has 0 heterocycles. The van der Waals surface area contributed by atoms with Crippen LogP contribution in [0.25, 0.3) is 5.32 Å². The van der Waals surface area contributed by atoms with Gasteiger partial charge in [0, 0.05) is 0 Å². The molecule has 4 aliphatic carbocycles. The van der Waals surface area contributed by atoms with Crippen molar-refractivity contribution in [2.75, 3.05) is 0 Å². The maximum atomic E-state index is 5.25. The van der Waals surface area contributed by atoms with Crippen molar-refractivity contribution in [2.24, 2.45) is 23.7 Å². The first-order chi connectivity index (χ1) is 9.29. The minimum absolute atomic E-state index is 0. The van der Waals surface area contributed by atoms with Crippen LogP contribution in [0.3, 0.4) is 0 Å². The van der Waals surface area contributed by atoms with Gasteiger partial charge in [-0.25, -0.2) is 0 Å². The van der Waals surface area contributed by atoms with E-state index in [4.69, 9.17) is 5.32 Å². The fraction of sp³-hybridized carbons (Fsp3) is 0.667. The number of hydrogen-bond acceptors (Lipinski definition) is 0. The molecule has 1 atom stereocenters. The predicted molar refractivity (Wildman–Crippen MR) is 79.0 cm³/mol. The summed E-state index contributed by atoms with van der Waals surface area (Å²) in [5, 5.41) is 5.25. The van der Waals surface area contributed by atoms with Gasteiger partial charge in [0.25, 0.3) is 0 Å². The average molecular weight is 261 g/mol. The third-order valence-electron chi connectivity index (χ3n) is 5.85. The topological polar surface area (TPSA) is 14.1 Å². The molecule has 0 aromatic heterocycles. The van der Waals surface area contributed by atoms with Gasteiger partial charge in [0.05, 0.1) is 0 Å². The van der Waals surface area contributed by atoms with Gasteiger partial charge >= 0.3 is 18.9 Å². The predicted octanol–water partition coefficient (Wildman–Crippen LogP) is 1.95. The molecule has 0 aliphatic heterocycles. The number of nitrogens with zero attached hydrogens (tertiary/aromatic N) is 1. The van der Waals surface area contributed by atoms with Crippen molar-refractivity contribution >= 4 is 0 Å². The van der Waals surface area contributed by atoms with Crippen molar-refractivity contribution in [1.82, 2.24) is 0 Å². The fourth-order valence-corrected chi connectivity index (χ4v) is 5.22. The molecule has 102 valence electrons. The zero-order valence-corrected chi connectivity index (χ0v) is 12.8. The van der Waals surface area contributed by atoms with E-state index in [9.17, 15) is 0 Å². The summed E-state index contributed by atoms with van der Waals surface area (Å²) in [6, 6.07) is 11.9. The fourth-order valence-electron chi connectivity index (χ4n) is 5.22. The first-order valence-electron chi connectivity index (χ1n) is 8.04. The van der Waals surface area contributed by atoms with Gasteiger partial charge in [0.1, 0.15) is 0 Å². The van der Waals surface area contributed by atoms with Crippen molar-refractivity contribution in [2.45, 2.75) is 51.1 Å². The van der Waals surface area contributed by atoms with E-state index in [1.54, 1.807) is 0 Å². The molecule has 0 radical (unpaired) electrons. The van der Waals surface area contributed by atoms with E-state index >= 15 is 0 Å². The maximum Gasteiger partial charge on any atom is 1.00 e. The first kappa shape index (κ1) is 14.7. The minimum Gasteiger partial charge on any atom is -0.653 e. The third-order valence-corrected chi connectivity index (χ3v) is 5.85. The van der Waals surface area contributed by atoms with Crippen LogP contribution in [-0.4, -0.2) is 6.04 Å². The molecule has 4 aliphatic rings. The Morgan fingerprint density at radius 1 is 0.900 bits per heavy atom. The number of hydrogen-bond donors (Lipinski definition) is 0. The van der Waals surface area contributed by atoms with Gasteiger partial charge in [-0.3, -0.25) is 0 Å². The molecular weight excluding hydrogens is 237 g/mol. The standard InChI is InChI=1S/C18H24N.Li/c1-12(15-5-3-2-4-6-15)19-18-16-8-13-7-14(10-16)11-17(18)9-13;/h2-6,12-14,16-18H,7-11H2,1H3;/q-1;+1/t12-,13?,14?,16?,17?,18?;/m1./s1. The summed E-state index contributed by atoms with van der Waals surface area (Å²) in [5.41, 5.74) is 1.39. The number of rotatable bonds is 3. The number of benzene rings is 1. The van der Waals surface area contributed by atoms with Crippen LogP contribution in [0, 0.1) is 23.7 Å². The minimum atomic E-state index is 0. The Labute approximate surface area is 135 Å². The van der Waals surface area contributed by atoms with Crippen LogP contribution in [0.2, 0.25) is 0 Å². The van der Waals surface area contributed by atoms with Crippen molar-refractivity contribution < 1.29 is 18.9 Å². The molecule has 1 aromatic rings. The summed E-state index contributed by atoms with van der Waals surface area (Å²) >= 11 is 0. The van der Waals surface area contributed by atoms with Crippen LogP contribution >= 0.6 is 0 Å². The SMILES string of the molecule is C[C@@H]([N-]C1C2CC3CC(C2)CC1C3)c1ccccc1.[Li+]. The Morgan fingerprint density at radius 3 is 2.00 bits per heavy atom. The molecular formula is C18H24LiN. The molecule has 0 unspecified atom stereocenters. The summed E-state index contributed by atoms with van der Waals surface area (Å²) in [5.74, 6) is 3.95. The molecule has 4 saturated carbocycles. The molecule has 2 heteroatoms. The van der Waals surface area contributed by atoms with Crippen molar-refractivity contribution in [3.63, 3.8) is 0 Å². The van der Waals surface area contributed by atoms with E-state index in [-0.39, 0.29) is 18.9 Å². The molecule has 5 rings (SSSR count). The summed E-state index contributed by atoms with van der Waals surface area (Å²) in [6.07, 6.45) is 7.44. The zero-order valence-electron chi connectivity index (χ0n) is 12.8. The Morgan fingerprint density at radius 2 is 1.45 bits per heavy atom. The van der Waals surface area contributed by atoms with Crippen LogP contribution < -0.4 is 18.9 Å². The second kappa shape index (κ2) is 5.88. The van der Waals surface area contributed by atoms with Gasteiger partial charge in [-0.1, -0.05) is 54.7 Å². The summed E-state index contributed by atoms with van der Waals surface area (Å²) < 4.78 is 0. The molecule has 4 bridgehead atoms. The van der Waals surface area contributed by atoms with Crippen molar-refractivity contribution in [3.05, 3.63) is 41.2 Å². The van der Waals surface area contributed by atoms with Crippen LogP contribution in [0.1, 0.15) is 50.6 Å². The van der Waals surface area contributed by atoms with Crippen molar-refractivity contribution in [1.29, 1.82) is 0 Å². The molecule has 0 spiro atoms. The van der Waals surface area contributed by atoms with E-state index in [0.717, 1.165) is 23.7 Å². The smallest absolute Gasteiger partial charge is 0.653 e. The van der Waals surface area contributed by atoms with Gasteiger partial charge in [-0.15, -0.1) is 12.1 Å². The average Bonchev–Trinajstić information content (AvgIpc) is 2.43. The van der Waals surface area contributed by atoms with Crippen LogP contribution in [0.4, 0.5) is 0 Å². The Hall–Kier alpha value is -0.223. The van der Waals surface area contributed by atoms with Crippen LogP contribution in [0.15, 0.2) is 30.3 Å². The van der Waals surface area contributed by atoms with E-state index in [2.05, 4.69) is 37.3 Å². The summed E-state index contributed by atoms with van der Waals surface area (Å²) in [6.45, 7) is 2.28. The van der Waals surface area contributed by atoms with Gasteiger partial charge in [-0.05, 0) is 43.9 Å². The molecule has 0 saturated heterocycles. The molecule has 4 fully saturated rings. The monoisotopic (exact) mass is 261 g/mol. The van der Waals surface area contributed by atoms with Gasteiger partial charge in [-0.2, -0.15) is 0 Å². The Bertz CT molecular complexity index is 416. The van der Waals surface area contributed by atoms with E-state index in [1.165, 1.54) is 37.7 Å². The second-order valence-corrected chi connectivity index (χ2v) is 7.16. The summed E-state index contributed by atoms with van der Waals surface area (Å²) in [4.78, 5) is 0.